The predicted molar refractivity (Wildman–Crippen MR) is 66.4 cm³/mol. The molecule has 6 heteroatoms. The molecule has 0 fully saturated rings. The van der Waals surface area contributed by atoms with Gasteiger partial charge in [-0.25, -0.2) is 9.59 Å². The molecule has 1 rings (SSSR count). The summed E-state index contributed by atoms with van der Waals surface area (Å²) in [5, 5.41) is 2.43. The standard InChI is InChI=1S/C13H15NO5/c1-8(2)18-11(15)6-7-12(16)19-10-5-4-9(3)14-13(10)17/h5-8H,3-4H2,1-2H3,(H,14,17)/b7-6+. The number of carbonyl (C=O) groups excluding carboxylic acids is 3. The first-order chi connectivity index (χ1) is 8.88. The van der Waals surface area contributed by atoms with Crippen LogP contribution in [0.1, 0.15) is 20.3 Å². The molecule has 0 radical (unpaired) electrons. The van der Waals surface area contributed by atoms with E-state index in [1.807, 2.05) is 0 Å². The normalized spacial score (nSPS) is 15.2. The lowest BCUT2D eigenvalue weighted by Gasteiger charge is -2.14. The van der Waals surface area contributed by atoms with Crippen LogP contribution in [0.5, 0.6) is 0 Å². The smallest absolute Gasteiger partial charge is 0.336 e. The van der Waals surface area contributed by atoms with Crippen molar-refractivity contribution < 1.29 is 23.9 Å². The molecule has 0 aromatic rings. The van der Waals surface area contributed by atoms with Gasteiger partial charge in [-0.1, -0.05) is 6.58 Å². The summed E-state index contributed by atoms with van der Waals surface area (Å²) in [6.07, 6.45) is 3.42. The van der Waals surface area contributed by atoms with E-state index in [0.717, 1.165) is 12.2 Å². The Morgan fingerprint density at radius 2 is 2.00 bits per heavy atom. The molecule has 0 unspecified atom stereocenters. The van der Waals surface area contributed by atoms with E-state index in [1.54, 1.807) is 13.8 Å². The van der Waals surface area contributed by atoms with Gasteiger partial charge in [0.1, 0.15) is 0 Å². The van der Waals surface area contributed by atoms with Crippen LogP contribution in [0.25, 0.3) is 0 Å². The average Bonchev–Trinajstić information content (AvgIpc) is 2.29. The quantitative estimate of drug-likeness (QED) is 0.604. The second-order valence-electron chi connectivity index (χ2n) is 4.07. The SMILES string of the molecule is C=C1CC=C(OC(=O)/C=C/C(=O)OC(C)C)C(=O)N1. The first-order valence-electron chi connectivity index (χ1n) is 5.68. The predicted octanol–water partition coefficient (Wildman–Crippen LogP) is 0.955. The maximum absolute atomic E-state index is 11.4. The second kappa shape index (κ2) is 6.53. The van der Waals surface area contributed by atoms with E-state index < -0.39 is 17.8 Å². The molecule has 1 N–H and O–H groups in total. The van der Waals surface area contributed by atoms with Crippen molar-refractivity contribution in [3.63, 3.8) is 0 Å². The Morgan fingerprint density at radius 1 is 1.37 bits per heavy atom. The molecular formula is C13H15NO5. The van der Waals surface area contributed by atoms with Crippen LogP contribution in [0.2, 0.25) is 0 Å². The summed E-state index contributed by atoms with van der Waals surface area (Å²) < 4.78 is 9.57. The van der Waals surface area contributed by atoms with Gasteiger partial charge in [0.25, 0.3) is 5.91 Å². The summed E-state index contributed by atoms with van der Waals surface area (Å²) in [4.78, 5) is 33.9. The minimum absolute atomic E-state index is 0.112. The van der Waals surface area contributed by atoms with Crippen LogP contribution >= 0.6 is 0 Å². The molecule has 0 spiro atoms. The maximum atomic E-state index is 11.4. The molecular weight excluding hydrogens is 250 g/mol. The van der Waals surface area contributed by atoms with E-state index in [9.17, 15) is 14.4 Å². The number of allylic oxidation sites excluding steroid dienone is 1. The lowest BCUT2D eigenvalue weighted by atomic mass is 10.2. The monoisotopic (exact) mass is 265 g/mol. The molecule has 1 heterocycles. The van der Waals surface area contributed by atoms with Crippen LogP contribution in [0.4, 0.5) is 0 Å². The van der Waals surface area contributed by atoms with Crippen LogP contribution in [0.15, 0.2) is 36.3 Å². The zero-order valence-corrected chi connectivity index (χ0v) is 10.8. The highest BCUT2D eigenvalue weighted by Gasteiger charge is 2.18. The van der Waals surface area contributed by atoms with Crippen LogP contribution in [-0.2, 0) is 23.9 Å². The van der Waals surface area contributed by atoms with Gasteiger partial charge < -0.3 is 14.8 Å². The first-order valence-corrected chi connectivity index (χ1v) is 5.68. The lowest BCUT2D eigenvalue weighted by Crippen LogP contribution is -2.29. The van der Waals surface area contributed by atoms with Crippen molar-refractivity contribution in [3.05, 3.63) is 36.3 Å². The topological polar surface area (TPSA) is 81.7 Å². The van der Waals surface area contributed by atoms with E-state index in [0.29, 0.717) is 12.1 Å². The molecule has 1 aliphatic heterocycles. The van der Waals surface area contributed by atoms with Gasteiger partial charge in [-0.2, -0.15) is 0 Å². The highest BCUT2D eigenvalue weighted by atomic mass is 16.5. The fourth-order valence-electron chi connectivity index (χ4n) is 1.22. The van der Waals surface area contributed by atoms with Crippen molar-refractivity contribution in [2.75, 3.05) is 0 Å². The summed E-state index contributed by atoms with van der Waals surface area (Å²) in [6.45, 7) is 6.95. The molecule has 6 nitrogen and oxygen atoms in total. The number of carbonyl (C=O) groups is 3. The Labute approximate surface area is 110 Å². The number of amides is 1. The summed E-state index contributed by atoms with van der Waals surface area (Å²) in [5.41, 5.74) is 0.529. The number of hydrogen-bond donors (Lipinski definition) is 1. The van der Waals surface area contributed by atoms with Gasteiger partial charge in [0, 0.05) is 24.3 Å². The molecule has 102 valence electrons. The fraction of sp³-hybridized carbons (Fsp3) is 0.308. The molecule has 0 aromatic heterocycles. The van der Waals surface area contributed by atoms with Crippen molar-refractivity contribution >= 4 is 17.8 Å². The van der Waals surface area contributed by atoms with Crippen molar-refractivity contribution in [2.45, 2.75) is 26.4 Å². The Hall–Kier alpha value is -2.37. The van der Waals surface area contributed by atoms with E-state index in [2.05, 4.69) is 11.9 Å². The Morgan fingerprint density at radius 3 is 2.58 bits per heavy atom. The Bertz CT molecular complexity index is 473. The third-order valence-corrected chi connectivity index (χ3v) is 1.97. The van der Waals surface area contributed by atoms with Gasteiger partial charge in [0.05, 0.1) is 6.10 Å². The van der Waals surface area contributed by atoms with Crippen molar-refractivity contribution in [1.82, 2.24) is 5.32 Å². The summed E-state index contributed by atoms with van der Waals surface area (Å²) in [6, 6.07) is 0. The van der Waals surface area contributed by atoms with E-state index >= 15 is 0 Å². The van der Waals surface area contributed by atoms with Gasteiger partial charge in [0.15, 0.2) is 5.76 Å². The minimum Gasteiger partial charge on any atom is -0.460 e. The van der Waals surface area contributed by atoms with Gasteiger partial charge in [-0.15, -0.1) is 0 Å². The number of rotatable bonds is 4. The molecule has 0 aromatic carbocycles. The number of hydrogen-bond acceptors (Lipinski definition) is 5. The number of ether oxygens (including phenoxy) is 2. The molecule has 0 atom stereocenters. The molecule has 1 amide bonds. The average molecular weight is 265 g/mol. The van der Waals surface area contributed by atoms with Crippen molar-refractivity contribution in [3.8, 4) is 0 Å². The van der Waals surface area contributed by atoms with Crippen LogP contribution in [0, 0.1) is 0 Å². The molecule has 0 bridgehead atoms. The zero-order chi connectivity index (χ0) is 14.4. The molecule has 0 saturated carbocycles. The highest BCUT2D eigenvalue weighted by molar-refractivity contribution is 5.98. The van der Waals surface area contributed by atoms with Gasteiger partial charge >= 0.3 is 11.9 Å². The van der Waals surface area contributed by atoms with Crippen molar-refractivity contribution in [1.29, 1.82) is 0 Å². The number of nitrogens with one attached hydrogen (secondary N) is 1. The summed E-state index contributed by atoms with van der Waals surface area (Å²) in [7, 11) is 0. The van der Waals surface area contributed by atoms with Gasteiger partial charge in [-0.05, 0) is 19.9 Å². The maximum Gasteiger partial charge on any atom is 0.336 e. The Kier molecular flexibility index (Phi) is 5.05. The van der Waals surface area contributed by atoms with E-state index in [-0.39, 0.29) is 11.9 Å². The van der Waals surface area contributed by atoms with Crippen LogP contribution < -0.4 is 5.32 Å². The summed E-state index contributed by atoms with van der Waals surface area (Å²) >= 11 is 0. The second-order valence-corrected chi connectivity index (χ2v) is 4.07. The fourth-order valence-corrected chi connectivity index (χ4v) is 1.22. The van der Waals surface area contributed by atoms with Gasteiger partial charge in [0.2, 0.25) is 0 Å². The van der Waals surface area contributed by atoms with E-state index in [4.69, 9.17) is 9.47 Å². The van der Waals surface area contributed by atoms with Crippen LogP contribution in [-0.4, -0.2) is 23.9 Å². The third kappa shape index (κ3) is 5.20. The number of esters is 2. The third-order valence-electron chi connectivity index (χ3n) is 1.97. The first kappa shape index (κ1) is 14.7. The zero-order valence-electron chi connectivity index (χ0n) is 10.8. The molecule has 1 aliphatic rings. The largest absolute Gasteiger partial charge is 0.460 e. The molecule has 0 aliphatic carbocycles. The van der Waals surface area contributed by atoms with Crippen molar-refractivity contribution in [2.24, 2.45) is 0 Å². The lowest BCUT2D eigenvalue weighted by molar-refractivity contribution is -0.142. The summed E-state index contributed by atoms with van der Waals surface area (Å²) in [5.74, 6) is -2.13. The highest BCUT2D eigenvalue weighted by Crippen LogP contribution is 2.10. The minimum atomic E-state index is -0.824. The Balaban J connectivity index is 2.52. The van der Waals surface area contributed by atoms with Gasteiger partial charge in [-0.3, -0.25) is 4.79 Å². The van der Waals surface area contributed by atoms with E-state index in [1.165, 1.54) is 6.08 Å². The molecule has 0 saturated heterocycles. The van der Waals surface area contributed by atoms with Crippen LogP contribution in [0.3, 0.4) is 0 Å². The molecule has 19 heavy (non-hydrogen) atoms.